The summed E-state index contributed by atoms with van der Waals surface area (Å²) in [5.41, 5.74) is 2.33. The molecule has 28 heavy (non-hydrogen) atoms. The summed E-state index contributed by atoms with van der Waals surface area (Å²) in [4.78, 5) is 19.0. The maximum atomic E-state index is 12.5. The maximum Gasteiger partial charge on any atom is 0.273 e. The molecule has 1 fully saturated rings. The van der Waals surface area contributed by atoms with Crippen LogP contribution in [0.4, 0.5) is 0 Å². The van der Waals surface area contributed by atoms with Crippen LogP contribution in [0.3, 0.4) is 0 Å². The first kappa shape index (κ1) is 18.6. The first-order valence-electron chi connectivity index (χ1n) is 9.28. The zero-order valence-electron chi connectivity index (χ0n) is 15.3. The smallest absolute Gasteiger partial charge is 0.273 e. The third-order valence-corrected chi connectivity index (χ3v) is 5.11. The SMILES string of the molecule is O=C(NC1CCN(Cc2ccncc2)CC1)c1cn(-c2cccc(Cl)c2)nn1. The Morgan fingerprint density at radius 1 is 1.18 bits per heavy atom. The maximum absolute atomic E-state index is 12.5. The highest BCUT2D eigenvalue weighted by molar-refractivity contribution is 6.30. The van der Waals surface area contributed by atoms with E-state index < -0.39 is 0 Å². The van der Waals surface area contributed by atoms with E-state index in [9.17, 15) is 4.79 Å². The summed E-state index contributed by atoms with van der Waals surface area (Å²) in [7, 11) is 0. The van der Waals surface area contributed by atoms with Crippen molar-refractivity contribution in [2.24, 2.45) is 0 Å². The highest BCUT2D eigenvalue weighted by Gasteiger charge is 2.22. The number of amides is 1. The van der Waals surface area contributed by atoms with E-state index in [2.05, 4.69) is 25.5 Å². The van der Waals surface area contributed by atoms with Gasteiger partial charge in [0.05, 0.1) is 11.9 Å². The van der Waals surface area contributed by atoms with E-state index in [0.29, 0.717) is 10.7 Å². The summed E-state index contributed by atoms with van der Waals surface area (Å²) in [6.45, 7) is 2.81. The van der Waals surface area contributed by atoms with E-state index in [1.54, 1.807) is 23.0 Å². The van der Waals surface area contributed by atoms with Crippen molar-refractivity contribution in [1.82, 2.24) is 30.2 Å². The fourth-order valence-corrected chi connectivity index (χ4v) is 3.54. The van der Waals surface area contributed by atoms with Crippen LogP contribution in [0.15, 0.2) is 55.0 Å². The van der Waals surface area contributed by atoms with Gasteiger partial charge in [-0.2, -0.15) is 0 Å². The molecule has 0 spiro atoms. The van der Waals surface area contributed by atoms with Gasteiger partial charge < -0.3 is 5.32 Å². The fraction of sp³-hybridized carbons (Fsp3) is 0.300. The van der Waals surface area contributed by atoms with Crippen molar-refractivity contribution >= 4 is 17.5 Å². The minimum Gasteiger partial charge on any atom is -0.348 e. The summed E-state index contributed by atoms with van der Waals surface area (Å²) < 4.78 is 1.55. The standard InChI is InChI=1S/C20H21ClN6O/c21-16-2-1-3-18(12-16)27-14-19(24-25-27)20(28)23-17-6-10-26(11-7-17)13-15-4-8-22-9-5-15/h1-5,8-9,12,14,17H,6-7,10-11,13H2,(H,23,28). The molecule has 144 valence electrons. The minimum atomic E-state index is -0.194. The second-order valence-corrected chi connectivity index (χ2v) is 7.34. The van der Waals surface area contributed by atoms with Crippen molar-refractivity contribution in [2.45, 2.75) is 25.4 Å². The van der Waals surface area contributed by atoms with Crippen LogP contribution in [0.25, 0.3) is 5.69 Å². The van der Waals surface area contributed by atoms with Crippen LogP contribution in [0.1, 0.15) is 28.9 Å². The molecule has 1 amide bonds. The number of likely N-dealkylation sites (tertiary alicyclic amines) is 1. The van der Waals surface area contributed by atoms with Crippen LogP contribution in [0.2, 0.25) is 5.02 Å². The minimum absolute atomic E-state index is 0.150. The quantitative estimate of drug-likeness (QED) is 0.717. The lowest BCUT2D eigenvalue weighted by Gasteiger charge is -2.32. The van der Waals surface area contributed by atoms with Gasteiger partial charge >= 0.3 is 0 Å². The van der Waals surface area contributed by atoms with Crippen molar-refractivity contribution < 1.29 is 4.79 Å². The van der Waals surface area contributed by atoms with Crippen molar-refractivity contribution in [3.63, 3.8) is 0 Å². The van der Waals surface area contributed by atoms with Gasteiger partial charge in [-0.15, -0.1) is 5.10 Å². The zero-order chi connectivity index (χ0) is 19.3. The number of halogens is 1. The highest BCUT2D eigenvalue weighted by atomic mass is 35.5. The average Bonchev–Trinajstić information content (AvgIpc) is 3.21. The van der Waals surface area contributed by atoms with Gasteiger partial charge in [-0.1, -0.05) is 22.9 Å². The van der Waals surface area contributed by atoms with Crippen LogP contribution in [0, 0.1) is 0 Å². The third kappa shape index (κ3) is 4.55. The number of aromatic nitrogens is 4. The van der Waals surface area contributed by atoms with Crippen LogP contribution in [-0.2, 0) is 6.54 Å². The Hall–Kier alpha value is -2.77. The van der Waals surface area contributed by atoms with Crippen LogP contribution >= 0.6 is 11.6 Å². The second-order valence-electron chi connectivity index (χ2n) is 6.91. The molecule has 1 saturated heterocycles. The third-order valence-electron chi connectivity index (χ3n) is 4.88. The van der Waals surface area contributed by atoms with Crippen LogP contribution in [-0.4, -0.2) is 49.9 Å². The molecular formula is C20H21ClN6O. The molecule has 1 aliphatic heterocycles. The van der Waals surface area contributed by atoms with Gasteiger partial charge in [0.15, 0.2) is 5.69 Å². The number of hydrogen-bond acceptors (Lipinski definition) is 5. The van der Waals surface area contributed by atoms with Gasteiger partial charge in [0, 0.05) is 43.1 Å². The van der Waals surface area contributed by atoms with Gasteiger partial charge in [-0.3, -0.25) is 14.7 Å². The molecule has 0 unspecified atom stereocenters. The lowest BCUT2D eigenvalue weighted by Crippen LogP contribution is -2.44. The molecule has 4 rings (SSSR count). The molecule has 0 atom stereocenters. The molecule has 8 heteroatoms. The Morgan fingerprint density at radius 3 is 2.71 bits per heavy atom. The Bertz CT molecular complexity index is 937. The molecule has 0 bridgehead atoms. The van der Waals surface area contributed by atoms with E-state index in [1.807, 2.05) is 36.7 Å². The van der Waals surface area contributed by atoms with Crippen molar-refractivity contribution in [3.8, 4) is 5.69 Å². The second kappa shape index (κ2) is 8.50. The molecule has 1 aliphatic rings. The van der Waals surface area contributed by atoms with Crippen molar-refractivity contribution in [3.05, 3.63) is 71.3 Å². The predicted octanol–water partition coefficient (Wildman–Crippen LogP) is 2.71. The van der Waals surface area contributed by atoms with E-state index >= 15 is 0 Å². The molecule has 3 aromatic rings. The van der Waals surface area contributed by atoms with Gasteiger partial charge in [0.25, 0.3) is 5.91 Å². The van der Waals surface area contributed by atoms with Crippen LogP contribution < -0.4 is 5.32 Å². The van der Waals surface area contributed by atoms with Crippen molar-refractivity contribution in [1.29, 1.82) is 0 Å². The number of benzene rings is 1. The molecule has 7 nitrogen and oxygen atoms in total. The number of nitrogens with one attached hydrogen (secondary N) is 1. The number of pyridine rings is 1. The lowest BCUT2D eigenvalue weighted by atomic mass is 10.0. The molecule has 0 saturated carbocycles. The fourth-order valence-electron chi connectivity index (χ4n) is 3.35. The first-order chi connectivity index (χ1) is 13.7. The van der Waals surface area contributed by atoms with Gasteiger partial charge in [-0.05, 0) is 48.7 Å². The summed E-state index contributed by atoms with van der Waals surface area (Å²) in [5, 5.41) is 11.7. The van der Waals surface area contributed by atoms with Gasteiger partial charge in [-0.25, -0.2) is 4.68 Å². The summed E-state index contributed by atoms with van der Waals surface area (Å²) in [6.07, 6.45) is 7.09. The van der Waals surface area contributed by atoms with Gasteiger partial charge in [0.2, 0.25) is 0 Å². The molecule has 0 aliphatic carbocycles. The number of nitrogens with zero attached hydrogens (tertiary/aromatic N) is 5. The summed E-state index contributed by atoms with van der Waals surface area (Å²) >= 11 is 6.01. The molecule has 0 radical (unpaired) electrons. The molecule has 2 aromatic heterocycles. The predicted molar refractivity (Wildman–Crippen MR) is 106 cm³/mol. The topological polar surface area (TPSA) is 75.9 Å². The number of piperidine rings is 1. The van der Waals surface area contributed by atoms with Gasteiger partial charge in [0.1, 0.15) is 0 Å². The van der Waals surface area contributed by atoms with E-state index in [1.165, 1.54) is 5.56 Å². The lowest BCUT2D eigenvalue weighted by molar-refractivity contribution is 0.0904. The number of carbonyl (C=O) groups is 1. The highest BCUT2D eigenvalue weighted by Crippen LogP contribution is 2.16. The van der Waals surface area contributed by atoms with E-state index in [-0.39, 0.29) is 11.9 Å². The monoisotopic (exact) mass is 396 g/mol. The zero-order valence-corrected chi connectivity index (χ0v) is 16.1. The Labute approximate surface area is 168 Å². The van der Waals surface area contributed by atoms with E-state index in [4.69, 9.17) is 11.6 Å². The van der Waals surface area contributed by atoms with E-state index in [0.717, 1.165) is 38.2 Å². The molecule has 1 aromatic carbocycles. The summed E-state index contributed by atoms with van der Waals surface area (Å²) in [5.74, 6) is -0.194. The largest absolute Gasteiger partial charge is 0.348 e. The molecule has 1 N–H and O–H groups in total. The summed E-state index contributed by atoms with van der Waals surface area (Å²) in [6, 6.07) is 11.5. The Morgan fingerprint density at radius 2 is 1.96 bits per heavy atom. The molecule has 3 heterocycles. The number of rotatable bonds is 5. The number of hydrogen-bond donors (Lipinski definition) is 1. The van der Waals surface area contributed by atoms with Crippen molar-refractivity contribution in [2.75, 3.05) is 13.1 Å². The number of carbonyl (C=O) groups excluding carboxylic acids is 1. The normalized spacial score (nSPS) is 15.5. The Kier molecular flexibility index (Phi) is 5.64. The average molecular weight is 397 g/mol. The van der Waals surface area contributed by atoms with Crippen LogP contribution in [0.5, 0.6) is 0 Å². The Balaban J connectivity index is 1.30. The first-order valence-corrected chi connectivity index (χ1v) is 9.65. The molecular weight excluding hydrogens is 376 g/mol.